The molecule has 0 saturated carbocycles. The van der Waals surface area contributed by atoms with Gasteiger partial charge in [0.05, 0.1) is 12.6 Å². The van der Waals surface area contributed by atoms with Crippen LogP contribution < -0.4 is 0 Å². The molecule has 0 aromatic carbocycles. The molecular weight excluding hydrogens is 316 g/mol. The molecule has 132 valence electrons. The number of rotatable bonds is 4. The molecule has 0 N–H and O–H groups in total. The van der Waals surface area contributed by atoms with Gasteiger partial charge in [-0.1, -0.05) is 27.7 Å². The van der Waals surface area contributed by atoms with E-state index in [1.165, 1.54) is 0 Å². The third kappa shape index (κ3) is 2.91. The molecule has 0 aromatic heterocycles. The van der Waals surface area contributed by atoms with Crippen LogP contribution in [0.3, 0.4) is 0 Å². The van der Waals surface area contributed by atoms with Crippen molar-refractivity contribution < 1.29 is 17.9 Å². The molecule has 3 atom stereocenters. The van der Waals surface area contributed by atoms with Crippen LogP contribution in [0.1, 0.15) is 40.5 Å². The Morgan fingerprint density at radius 1 is 1.22 bits per heavy atom. The lowest BCUT2D eigenvalue weighted by molar-refractivity contribution is -0.151. The number of ether oxygens (including phenoxy) is 1. The minimum Gasteiger partial charge on any atom is -0.365 e. The summed E-state index contributed by atoms with van der Waals surface area (Å²) in [6, 6.07) is 0. The molecule has 0 unspecified atom stereocenters. The van der Waals surface area contributed by atoms with Crippen molar-refractivity contribution in [2.45, 2.75) is 57.5 Å². The van der Waals surface area contributed by atoms with Crippen molar-refractivity contribution in [3.8, 4) is 0 Å². The van der Waals surface area contributed by atoms with E-state index >= 15 is 0 Å². The Kier molecular flexibility index (Phi) is 4.26. The number of nitrogens with zero attached hydrogens (tertiary/aromatic N) is 2. The molecule has 3 saturated heterocycles. The van der Waals surface area contributed by atoms with Gasteiger partial charge in [-0.15, -0.1) is 0 Å². The van der Waals surface area contributed by atoms with Crippen LogP contribution in [0.15, 0.2) is 0 Å². The second kappa shape index (κ2) is 5.70. The van der Waals surface area contributed by atoms with Crippen LogP contribution in [0.2, 0.25) is 0 Å². The zero-order valence-corrected chi connectivity index (χ0v) is 15.3. The maximum atomic E-state index is 12.8. The van der Waals surface area contributed by atoms with E-state index in [0.29, 0.717) is 44.9 Å². The predicted molar refractivity (Wildman–Crippen MR) is 87.4 cm³/mol. The normalized spacial score (nSPS) is 36.0. The lowest BCUT2D eigenvalue weighted by Crippen LogP contribution is -2.56. The van der Waals surface area contributed by atoms with Crippen molar-refractivity contribution in [3.05, 3.63) is 0 Å². The second-order valence-electron chi connectivity index (χ2n) is 8.13. The Morgan fingerprint density at radius 2 is 1.91 bits per heavy atom. The van der Waals surface area contributed by atoms with Gasteiger partial charge in [-0.05, 0) is 18.3 Å². The lowest BCUT2D eigenvalue weighted by atomic mass is 9.98. The largest absolute Gasteiger partial charge is 0.365 e. The third-order valence-corrected chi connectivity index (χ3v) is 7.35. The van der Waals surface area contributed by atoms with Gasteiger partial charge >= 0.3 is 0 Å². The molecule has 6 nitrogen and oxygen atoms in total. The fraction of sp³-hybridized carbons (Fsp3) is 0.938. The van der Waals surface area contributed by atoms with E-state index in [2.05, 4.69) is 0 Å². The first-order chi connectivity index (χ1) is 10.6. The van der Waals surface area contributed by atoms with E-state index in [1.807, 2.05) is 32.6 Å². The molecule has 3 aliphatic rings. The third-order valence-electron chi connectivity index (χ3n) is 5.02. The van der Waals surface area contributed by atoms with E-state index in [1.54, 1.807) is 4.31 Å². The number of sulfonamides is 1. The van der Waals surface area contributed by atoms with Gasteiger partial charge in [0.1, 0.15) is 10.9 Å². The number of fused-ring (bicyclic) bond motifs is 1. The average Bonchev–Trinajstić information content (AvgIpc) is 2.76. The van der Waals surface area contributed by atoms with Crippen LogP contribution in [0.25, 0.3) is 0 Å². The number of carbonyl (C=O) groups is 1. The zero-order valence-electron chi connectivity index (χ0n) is 14.5. The molecule has 0 aliphatic carbocycles. The number of likely N-dealkylation sites (tertiary alicyclic amines) is 1. The first-order valence-corrected chi connectivity index (χ1v) is 10.1. The van der Waals surface area contributed by atoms with Crippen molar-refractivity contribution >= 4 is 15.9 Å². The van der Waals surface area contributed by atoms with Crippen LogP contribution in [0.5, 0.6) is 0 Å². The Bertz CT molecular complexity index is 589. The molecule has 0 aromatic rings. The van der Waals surface area contributed by atoms with Crippen LogP contribution in [-0.4, -0.2) is 66.7 Å². The van der Waals surface area contributed by atoms with E-state index in [4.69, 9.17) is 4.74 Å². The average molecular weight is 344 g/mol. The molecular formula is C16H28N2O4S. The Balaban J connectivity index is 1.82. The van der Waals surface area contributed by atoms with E-state index in [9.17, 15) is 13.2 Å². The molecule has 1 spiro atoms. The van der Waals surface area contributed by atoms with Gasteiger partial charge in [0, 0.05) is 26.1 Å². The van der Waals surface area contributed by atoms with Crippen molar-refractivity contribution in [2.24, 2.45) is 11.8 Å². The predicted octanol–water partition coefficient (Wildman–Crippen LogP) is 1.07. The van der Waals surface area contributed by atoms with Gasteiger partial charge in [0.25, 0.3) is 0 Å². The quantitative estimate of drug-likeness (QED) is 0.765. The summed E-state index contributed by atoms with van der Waals surface area (Å²) in [6.07, 6.45) is 0.888. The van der Waals surface area contributed by atoms with E-state index in [0.717, 1.165) is 0 Å². The number of hydrogen-bond donors (Lipinski definition) is 0. The maximum Gasteiger partial charge on any atom is 0.223 e. The van der Waals surface area contributed by atoms with Crippen molar-refractivity contribution in [1.29, 1.82) is 0 Å². The molecule has 3 rings (SSSR count). The van der Waals surface area contributed by atoms with Crippen LogP contribution in [0.4, 0.5) is 0 Å². The first-order valence-electron chi connectivity index (χ1n) is 8.58. The Labute approximate surface area is 139 Å². The molecule has 3 heterocycles. The summed E-state index contributed by atoms with van der Waals surface area (Å²) in [5, 5.41) is -0.490. The maximum absolute atomic E-state index is 12.8. The molecule has 0 radical (unpaired) electrons. The fourth-order valence-electron chi connectivity index (χ4n) is 4.19. The van der Waals surface area contributed by atoms with Crippen molar-refractivity contribution in [2.75, 3.05) is 26.2 Å². The molecule has 2 bridgehead atoms. The van der Waals surface area contributed by atoms with Gasteiger partial charge in [-0.25, -0.2) is 8.42 Å². The van der Waals surface area contributed by atoms with Crippen LogP contribution in [-0.2, 0) is 19.6 Å². The van der Waals surface area contributed by atoms with Crippen LogP contribution >= 0.6 is 0 Å². The van der Waals surface area contributed by atoms with Crippen LogP contribution in [0, 0.1) is 11.8 Å². The molecule has 3 fully saturated rings. The van der Waals surface area contributed by atoms with Gasteiger partial charge in [-0.3, -0.25) is 4.79 Å². The highest BCUT2D eigenvalue weighted by molar-refractivity contribution is 7.90. The topological polar surface area (TPSA) is 66.9 Å². The van der Waals surface area contributed by atoms with Gasteiger partial charge in [-0.2, -0.15) is 4.31 Å². The minimum atomic E-state index is -3.32. The summed E-state index contributed by atoms with van der Waals surface area (Å²) in [7, 11) is -3.32. The summed E-state index contributed by atoms with van der Waals surface area (Å²) in [6.45, 7) is 9.94. The second-order valence-corrected chi connectivity index (χ2v) is 10.2. The SMILES string of the molecule is CC(C)CC(=O)N1C[C@H]2C[C@H]3[C@](C1)(CN(CC(C)C)S3(=O)=O)O2. The first kappa shape index (κ1) is 17.2. The van der Waals surface area contributed by atoms with E-state index in [-0.39, 0.29) is 17.9 Å². The zero-order chi connectivity index (χ0) is 17.0. The molecule has 23 heavy (non-hydrogen) atoms. The number of morpholine rings is 1. The van der Waals surface area contributed by atoms with E-state index < -0.39 is 20.9 Å². The summed E-state index contributed by atoms with van der Waals surface area (Å²) in [4.78, 5) is 14.3. The number of carbonyl (C=O) groups excluding carboxylic acids is 1. The summed E-state index contributed by atoms with van der Waals surface area (Å²) < 4.78 is 33.4. The lowest BCUT2D eigenvalue weighted by Gasteiger charge is -2.39. The van der Waals surface area contributed by atoms with Gasteiger partial charge in [0.2, 0.25) is 15.9 Å². The Morgan fingerprint density at radius 3 is 2.52 bits per heavy atom. The summed E-state index contributed by atoms with van der Waals surface area (Å²) >= 11 is 0. The van der Waals surface area contributed by atoms with Gasteiger partial charge < -0.3 is 9.64 Å². The molecule has 1 amide bonds. The fourth-order valence-corrected chi connectivity index (χ4v) is 6.66. The smallest absolute Gasteiger partial charge is 0.223 e. The van der Waals surface area contributed by atoms with Gasteiger partial charge in [0.15, 0.2) is 0 Å². The monoisotopic (exact) mass is 344 g/mol. The highest BCUT2D eigenvalue weighted by Gasteiger charge is 2.65. The number of hydrogen-bond acceptors (Lipinski definition) is 4. The highest BCUT2D eigenvalue weighted by Crippen LogP contribution is 2.46. The summed E-state index contributed by atoms with van der Waals surface area (Å²) in [5.41, 5.74) is -0.719. The van der Waals surface area contributed by atoms with Crippen molar-refractivity contribution in [3.63, 3.8) is 0 Å². The Hall–Kier alpha value is -0.660. The number of amides is 1. The molecule has 3 aliphatic heterocycles. The van der Waals surface area contributed by atoms with Crippen molar-refractivity contribution in [1.82, 2.24) is 9.21 Å². The standard InChI is InChI=1S/C16H28N2O4S/c1-11(2)5-15(19)17-8-13-6-14-16(9-17,22-13)10-18(7-12(3)4)23(14,20)21/h11-14H,5-10H2,1-4H3/t13-,14+,16+/m1/s1. The minimum absolute atomic E-state index is 0.119. The summed E-state index contributed by atoms with van der Waals surface area (Å²) in [5.74, 6) is 0.701. The highest BCUT2D eigenvalue weighted by atomic mass is 32.2. The molecule has 7 heteroatoms.